The molecule has 232 valence electrons. The molecule has 1 saturated carbocycles. The molecule has 13 nitrogen and oxygen atoms in total. The summed E-state index contributed by atoms with van der Waals surface area (Å²) in [5.41, 5.74) is 5.63. The molecule has 1 aliphatic heterocycles. The van der Waals surface area contributed by atoms with Crippen LogP contribution in [-0.2, 0) is 19.1 Å². The van der Waals surface area contributed by atoms with Gasteiger partial charge >= 0.3 is 6.09 Å². The summed E-state index contributed by atoms with van der Waals surface area (Å²) in [5, 5.41) is 26.0. The highest BCUT2D eigenvalue weighted by molar-refractivity contribution is 7.10. The lowest BCUT2D eigenvalue weighted by Gasteiger charge is -2.28. The molecule has 1 aromatic carbocycles. The molecule has 2 fully saturated rings. The fourth-order valence-corrected chi connectivity index (χ4v) is 6.25. The van der Waals surface area contributed by atoms with Crippen LogP contribution in [-0.4, -0.2) is 84.7 Å². The number of hydrogen-bond donors (Lipinski definition) is 6. The van der Waals surface area contributed by atoms with Gasteiger partial charge in [-0.05, 0) is 44.4 Å². The van der Waals surface area contributed by atoms with E-state index in [0.717, 1.165) is 10.6 Å². The Morgan fingerprint density at radius 3 is 2.70 bits per heavy atom. The fraction of sp³-hybridized carbons (Fsp3) is 0.483. The van der Waals surface area contributed by atoms with Crippen molar-refractivity contribution in [2.24, 2.45) is 11.1 Å². The number of hydrogen-bond acceptors (Lipinski definition) is 9. The predicted molar refractivity (Wildman–Crippen MR) is 159 cm³/mol. The van der Waals surface area contributed by atoms with Crippen molar-refractivity contribution in [3.63, 3.8) is 0 Å². The summed E-state index contributed by atoms with van der Waals surface area (Å²) < 4.78 is 11.3. The van der Waals surface area contributed by atoms with E-state index < -0.39 is 18.2 Å². The average Bonchev–Trinajstić information content (AvgIpc) is 3.31. The topological polar surface area (TPSA) is 196 Å². The second-order valence-corrected chi connectivity index (χ2v) is 11.7. The predicted octanol–water partition coefficient (Wildman–Crippen LogP) is 1.83. The molecule has 4 atom stereocenters. The van der Waals surface area contributed by atoms with Gasteiger partial charge in [-0.25, -0.2) is 4.79 Å². The molecule has 2 aliphatic rings. The normalized spacial score (nSPS) is 20.9. The first-order valence-electron chi connectivity index (χ1n) is 14.1. The second kappa shape index (κ2) is 14.4. The van der Waals surface area contributed by atoms with Crippen LogP contribution in [0.1, 0.15) is 49.1 Å². The van der Waals surface area contributed by atoms with Crippen LogP contribution in [0.2, 0.25) is 0 Å². The van der Waals surface area contributed by atoms with Crippen LogP contribution in [0.4, 0.5) is 4.79 Å². The number of ether oxygens (including phenoxy) is 2. The van der Waals surface area contributed by atoms with Gasteiger partial charge in [0.25, 0.3) is 0 Å². The van der Waals surface area contributed by atoms with Gasteiger partial charge in [-0.1, -0.05) is 18.2 Å². The van der Waals surface area contributed by atoms with Crippen LogP contribution in [0.5, 0.6) is 5.75 Å². The van der Waals surface area contributed by atoms with E-state index in [4.69, 9.17) is 25.7 Å². The standard InChI is InChI=1S/C29H38N6O7S/c1-18(22-12-19(16-43-22)26(31)34-28(39)40)33-27(38)21-13-29(17-41-11-9-30)14-23(29)35(21)25(37)15-32-24(36)8-5-10-42-20-6-3-2-4-7-20/h2-4,6-7,12,16,18,21,23H,5,8-11,13-15,17,30H2,1H3,(H2,31,34)(H,32,36)(H,33,38)(H,39,40)/t18-,21+,23+,29-/m1/s1. The number of carbonyl (C=O) groups is 4. The Balaban J connectivity index is 1.33. The first-order valence-corrected chi connectivity index (χ1v) is 15.0. The Kier molecular flexibility index (Phi) is 10.7. The Morgan fingerprint density at radius 1 is 1.21 bits per heavy atom. The Bertz CT molecular complexity index is 1320. The van der Waals surface area contributed by atoms with Crippen molar-refractivity contribution in [3.05, 3.63) is 52.2 Å². The third-order valence-corrected chi connectivity index (χ3v) is 8.70. The molecule has 4 amide bonds. The van der Waals surface area contributed by atoms with Gasteiger partial charge in [0.05, 0.1) is 32.4 Å². The van der Waals surface area contributed by atoms with E-state index in [1.165, 1.54) is 11.3 Å². The Hall–Kier alpha value is -4.01. The molecular weight excluding hydrogens is 576 g/mol. The molecule has 4 rings (SSSR count). The van der Waals surface area contributed by atoms with Crippen LogP contribution in [0.3, 0.4) is 0 Å². The lowest BCUT2D eigenvalue weighted by atomic mass is 10.00. The van der Waals surface area contributed by atoms with E-state index in [-0.39, 0.29) is 48.0 Å². The van der Waals surface area contributed by atoms with E-state index in [2.05, 4.69) is 10.6 Å². The maximum absolute atomic E-state index is 13.5. The van der Waals surface area contributed by atoms with Gasteiger partial charge in [-0.15, -0.1) is 11.3 Å². The summed E-state index contributed by atoms with van der Waals surface area (Å²) in [7, 11) is 0. The number of thiophene rings is 1. The summed E-state index contributed by atoms with van der Waals surface area (Å²) in [6.07, 6.45) is 0.494. The maximum Gasteiger partial charge on any atom is 0.410 e. The number of nitrogens with two attached hydrogens (primary N) is 1. The molecule has 0 radical (unpaired) electrons. The van der Waals surface area contributed by atoms with Crippen molar-refractivity contribution >= 4 is 41.0 Å². The van der Waals surface area contributed by atoms with Gasteiger partial charge in [0.15, 0.2) is 0 Å². The average molecular weight is 615 g/mol. The summed E-state index contributed by atoms with van der Waals surface area (Å²) in [6.45, 7) is 3.07. The molecule has 7 N–H and O–H groups in total. The van der Waals surface area contributed by atoms with E-state index in [0.29, 0.717) is 51.2 Å². The SMILES string of the molecule is C[C@@H](NC(=O)[C@@H]1C[C@]2(COCCN)C[C@@H]2N1C(=O)CNC(=O)CCCOc1ccccc1)c1cc(C(=N)NC(=O)O)cs1. The van der Waals surface area contributed by atoms with Crippen molar-refractivity contribution in [2.75, 3.05) is 32.9 Å². The van der Waals surface area contributed by atoms with Gasteiger partial charge < -0.3 is 35.8 Å². The summed E-state index contributed by atoms with van der Waals surface area (Å²) in [4.78, 5) is 52.5. The van der Waals surface area contributed by atoms with Crippen molar-refractivity contribution in [1.82, 2.24) is 20.9 Å². The molecule has 43 heavy (non-hydrogen) atoms. The molecular formula is C29H38N6O7S. The number of likely N-dealkylation sites (tertiary alicyclic amines) is 1. The lowest BCUT2D eigenvalue weighted by Crippen LogP contribution is -2.51. The number of rotatable bonds is 15. The molecule has 2 heterocycles. The van der Waals surface area contributed by atoms with E-state index in [1.54, 1.807) is 23.3 Å². The van der Waals surface area contributed by atoms with Gasteiger partial charge in [-0.2, -0.15) is 0 Å². The van der Waals surface area contributed by atoms with E-state index in [9.17, 15) is 19.2 Å². The number of nitrogens with one attached hydrogen (secondary N) is 4. The number of para-hydroxylation sites is 1. The van der Waals surface area contributed by atoms with Crippen LogP contribution >= 0.6 is 11.3 Å². The van der Waals surface area contributed by atoms with E-state index in [1.807, 2.05) is 35.6 Å². The molecule has 1 aromatic heterocycles. The largest absolute Gasteiger partial charge is 0.494 e. The van der Waals surface area contributed by atoms with Crippen molar-refractivity contribution < 1.29 is 33.8 Å². The van der Waals surface area contributed by atoms with Crippen LogP contribution in [0, 0.1) is 10.8 Å². The van der Waals surface area contributed by atoms with Crippen LogP contribution in [0.25, 0.3) is 0 Å². The highest BCUT2D eigenvalue weighted by Crippen LogP contribution is 2.59. The zero-order chi connectivity index (χ0) is 31.0. The van der Waals surface area contributed by atoms with Crippen molar-refractivity contribution in [1.29, 1.82) is 5.41 Å². The number of fused-ring (bicyclic) bond motifs is 1. The molecule has 0 spiro atoms. The highest BCUT2D eigenvalue weighted by Gasteiger charge is 2.67. The third kappa shape index (κ3) is 8.30. The number of benzene rings is 1. The second-order valence-electron chi connectivity index (χ2n) is 10.8. The number of amides is 4. The van der Waals surface area contributed by atoms with E-state index >= 15 is 0 Å². The van der Waals surface area contributed by atoms with Crippen LogP contribution in [0.15, 0.2) is 41.8 Å². The molecule has 1 saturated heterocycles. The Morgan fingerprint density at radius 2 is 1.98 bits per heavy atom. The zero-order valence-corrected chi connectivity index (χ0v) is 24.8. The van der Waals surface area contributed by atoms with Crippen molar-refractivity contribution in [2.45, 2.75) is 50.7 Å². The quantitative estimate of drug-likeness (QED) is 0.0992. The minimum absolute atomic E-state index is 0.170. The summed E-state index contributed by atoms with van der Waals surface area (Å²) >= 11 is 1.29. The smallest absolute Gasteiger partial charge is 0.410 e. The van der Waals surface area contributed by atoms with Gasteiger partial charge in [0.1, 0.15) is 17.6 Å². The van der Waals surface area contributed by atoms with Gasteiger partial charge in [0, 0.05) is 40.2 Å². The first kappa shape index (κ1) is 31.9. The van der Waals surface area contributed by atoms with Gasteiger partial charge in [0.2, 0.25) is 17.7 Å². The monoisotopic (exact) mass is 614 g/mol. The molecule has 0 bridgehead atoms. The third-order valence-electron chi connectivity index (χ3n) is 7.58. The fourth-order valence-electron chi connectivity index (χ4n) is 5.34. The number of carboxylic acid groups (broad SMARTS) is 1. The number of carbonyl (C=O) groups excluding carboxylic acids is 3. The zero-order valence-electron chi connectivity index (χ0n) is 24.0. The maximum atomic E-state index is 13.5. The number of piperidine rings is 1. The summed E-state index contributed by atoms with van der Waals surface area (Å²) in [6, 6.07) is 9.59. The molecule has 0 unspecified atom stereocenters. The summed E-state index contributed by atoms with van der Waals surface area (Å²) in [5.74, 6) is -0.473. The first-order chi connectivity index (χ1) is 20.6. The Labute approximate surface area is 253 Å². The van der Waals surface area contributed by atoms with Crippen molar-refractivity contribution in [3.8, 4) is 5.75 Å². The molecule has 14 heteroatoms. The molecule has 1 aliphatic carbocycles. The highest BCUT2D eigenvalue weighted by atomic mass is 32.1. The number of amidine groups is 1. The number of nitrogens with zero attached hydrogens (tertiary/aromatic N) is 1. The minimum atomic E-state index is -1.33. The lowest BCUT2D eigenvalue weighted by molar-refractivity contribution is -0.140. The van der Waals surface area contributed by atoms with Crippen LogP contribution < -0.4 is 26.4 Å². The molecule has 2 aromatic rings. The van der Waals surface area contributed by atoms with Gasteiger partial charge in [-0.3, -0.25) is 25.1 Å². The minimum Gasteiger partial charge on any atom is -0.494 e.